The zero-order chi connectivity index (χ0) is 22.9. The van der Waals surface area contributed by atoms with Crippen molar-refractivity contribution in [3.63, 3.8) is 0 Å². The van der Waals surface area contributed by atoms with E-state index in [1.807, 2.05) is 0 Å². The van der Waals surface area contributed by atoms with Crippen LogP contribution in [0.25, 0.3) is 0 Å². The molecule has 170 valence electrons. The number of methoxy groups -OCH3 is 1. The number of amides is 2. The summed E-state index contributed by atoms with van der Waals surface area (Å²) in [7, 11) is -2.16. The second-order valence-corrected chi connectivity index (χ2v) is 11.1. The highest BCUT2D eigenvalue weighted by molar-refractivity contribution is 7.89. The van der Waals surface area contributed by atoms with Gasteiger partial charge in [0.2, 0.25) is 21.8 Å². The Morgan fingerprint density at radius 1 is 0.909 bits per heavy atom. The van der Waals surface area contributed by atoms with Crippen molar-refractivity contribution in [1.82, 2.24) is 4.72 Å². The second kappa shape index (κ2) is 7.27. The van der Waals surface area contributed by atoms with Crippen LogP contribution in [-0.4, -0.2) is 27.3 Å². The summed E-state index contributed by atoms with van der Waals surface area (Å²) in [5, 5.41) is 0. The summed E-state index contributed by atoms with van der Waals surface area (Å²) in [6.45, 7) is 0.0964. The van der Waals surface area contributed by atoms with Gasteiger partial charge in [-0.15, -0.1) is 0 Å². The summed E-state index contributed by atoms with van der Waals surface area (Å²) in [5.74, 6) is 1.45. The van der Waals surface area contributed by atoms with Gasteiger partial charge in [0.25, 0.3) is 0 Å². The highest BCUT2D eigenvalue weighted by atomic mass is 32.2. The lowest BCUT2D eigenvalue weighted by Gasteiger charge is -2.37. The molecule has 0 aromatic heterocycles. The monoisotopic (exact) mass is 464 g/mol. The second-order valence-electron chi connectivity index (χ2n) is 9.33. The van der Waals surface area contributed by atoms with Crippen LogP contribution in [0.1, 0.15) is 12.0 Å². The van der Waals surface area contributed by atoms with Crippen molar-refractivity contribution in [2.75, 3.05) is 12.0 Å². The Morgan fingerprint density at radius 3 is 2.03 bits per heavy atom. The maximum atomic E-state index is 13.2. The smallest absolute Gasteiger partial charge is 0.240 e. The lowest BCUT2D eigenvalue weighted by molar-refractivity contribution is -0.124. The van der Waals surface area contributed by atoms with Gasteiger partial charge in [0.15, 0.2) is 0 Å². The van der Waals surface area contributed by atoms with Crippen molar-refractivity contribution in [2.45, 2.75) is 17.9 Å². The molecular formula is C25H24N2O5S. The molecule has 2 saturated carbocycles. The normalized spacial score (nSPS) is 31.5. The standard InChI is InChI=1S/C25H24N2O5S/c1-32-16-6-8-17(9-7-16)33(30,31)26-13-14-2-4-15(5-3-14)27-24(28)22-18-10-11-19(21-12-20(18)21)23(22)25(27)29/h2-11,18-23,26H,12-13H2,1H3/t18-,19+,20+,21-,22-,23+. The van der Waals surface area contributed by atoms with Crippen molar-refractivity contribution in [3.8, 4) is 5.75 Å². The first-order chi connectivity index (χ1) is 15.9. The number of sulfonamides is 1. The van der Waals surface area contributed by atoms with E-state index in [-0.39, 0.29) is 46.9 Å². The highest BCUT2D eigenvalue weighted by Crippen LogP contribution is 2.65. The molecule has 1 heterocycles. The Balaban J connectivity index is 1.16. The number of benzene rings is 2. The van der Waals surface area contributed by atoms with Crippen molar-refractivity contribution in [2.24, 2.45) is 35.5 Å². The van der Waals surface area contributed by atoms with Gasteiger partial charge in [-0.05, 0) is 72.1 Å². The fourth-order valence-corrected chi connectivity index (χ4v) is 7.01. The van der Waals surface area contributed by atoms with Crippen LogP contribution in [0, 0.1) is 35.5 Å². The molecule has 0 radical (unpaired) electrons. The lowest BCUT2D eigenvalue weighted by Crippen LogP contribution is -2.40. The van der Waals surface area contributed by atoms with Gasteiger partial charge in [-0.3, -0.25) is 14.5 Å². The maximum Gasteiger partial charge on any atom is 0.240 e. The molecule has 1 aliphatic heterocycles. The molecular weight excluding hydrogens is 440 g/mol. The predicted octanol–water partition coefficient (Wildman–Crippen LogP) is 2.73. The van der Waals surface area contributed by atoms with Crippen molar-refractivity contribution >= 4 is 27.5 Å². The number of hydrogen-bond donors (Lipinski definition) is 1. The van der Waals surface area contributed by atoms with Crippen molar-refractivity contribution in [1.29, 1.82) is 0 Å². The number of rotatable bonds is 6. The molecule has 1 saturated heterocycles. The van der Waals surface area contributed by atoms with E-state index in [9.17, 15) is 18.0 Å². The predicted molar refractivity (Wildman–Crippen MR) is 121 cm³/mol. The van der Waals surface area contributed by atoms with E-state index < -0.39 is 10.0 Å². The van der Waals surface area contributed by atoms with E-state index in [2.05, 4.69) is 16.9 Å². The minimum absolute atomic E-state index is 0.0948. The molecule has 2 aromatic carbocycles. The van der Waals surface area contributed by atoms with Gasteiger partial charge in [0.1, 0.15) is 5.75 Å². The number of ether oxygens (including phenoxy) is 1. The molecule has 3 fully saturated rings. The van der Waals surface area contributed by atoms with E-state index >= 15 is 0 Å². The third kappa shape index (κ3) is 3.15. The molecule has 6 atom stereocenters. The van der Waals surface area contributed by atoms with E-state index in [0.717, 1.165) is 12.0 Å². The molecule has 2 aromatic rings. The average molecular weight is 465 g/mol. The summed E-state index contributed by atoms with van der Waals surface area (Å²) >= 11 is 0. The van der Waals surface area contributed by atoms with E-state index in [0.29, 0.717) is 23.3 Å². The van der Waals surface area contributed by atoms with Gasteiger partial charge in [0, 0.05) is 6.54 Å². The minimum Gasteiger partial charge on any atom is -0.497 e. The molecule has 2 amide bonds. The Morgan fingerprint density at radius 2 is 1.48 bits per heavy atom. The number of carbonyl (C=O) groups is 2. The summed E-state index contributed by atoms with van der Waals surface area (Å²) in [6.07, 6.45) is 5.45. The summed E-state index contributed by atoms with van der Waals surface area (Å²) in [4.78, 5) is 27.9. The molecule has 4 aliphatic carbocycles. The molecule has 8 heteroatoms. The first-order valence-corrected chi connectivity index (χ1v) is 12.7. The van der Waals surface area contributed by atoms with Gasteiger partial charge in [-0.2, -0.15) is 0 Å². The van der Waals surface area contributed by atoms with Gasteiger partial charge in [0.05, 0.1) is 29.5 Å². The van der Waals surface area contributed by atoms with Crippen LogP contribution in [0.2, 0.25) is 0 Å². The number of nitrogens with one attached hydrogen (secondary N) is 1. The third-order valence-corrected chi connectivity index (χ3v) is 9.11. The van der Waals surface area contributed by atoms with Crippen LogP contribution in [0.15, 0.2) is 65.6 Å². The number of hydrogen-bond acceptors (Lipinski definition) is 5. The first kappa shape index (κ1) is 20.6. The minimum atomic E-state index is -3.68. The lowest BCUT2D eigenvalue weighted by atomic mass is 9.63. The Hall–Kier alpha value is -2.97. The van der Waals surface area contributed by atoms with Gasteiger partial charge in [-0.25, -0.2) is 13.1 Å². The van der Waals surface area contributed by atoms with Crippen LogP contribution in [0.3, 0.4) is 0 Å². The molecule has 0 unspecified atom stereocenters. The fourth-order valence-electron chi connectivity index (χ4n) is 5.99. The largest absolute Gasteiger partial charge is 0.497 e. The molecule has 7 nitrogen and oxygen atoms in total. The Kier molecular flexibility index (Phi) is 4.54. The average Bonchev–Trinajstić information content (AvgIpc) is 3.61. The van der Waals surface area contributed by atoms with Gasteiger partial charge in [-0.1, -0.05) is 24.3 Å². The van der Waals surface area contributed by atoms with Crippen LogP contribution in [0.4, 0.5) is 5.69 Å². The van der Waals surface area contributed by atoms with Gasteiger partial charge < -0.3 is 4.74 Å². The Labute approximate surface area is 192 Å². The number of nitrogens with zero attached hydrogens (tertiary/aromatic N) is 1. The summed E-state index contributed by atoms with van der Waals surface area (Å²) in [6, 6.07) is 13.1. The molecule has 2 bridgehead atoms. The SMILES string of the molecule is COc1ccc(S(=O)(=O)NCc2ccc(N3C(=O)[C@@H]4[C@@H]5C=C[C@@H]([C@H]6C[C@@H]56)[C@@H]4C3=O)cc2)cc1. The first-order valence-electron chi connectivity index (χ1n) is 11.2. The summed E-state index contributed by atoms with van der Waals surface area (Å²) < 4.78 is 32.8. The van der Waals surface area contributed by atoms with E-state index in [4.69, 9.17) is 4.74 Å². The van der Waals surface area contributed by atoms with Crippen molar-refractivity contribution < 1.29 is 22.7 Å². The number of allylic oxidation sites excluding steroid dienone is 2. The zero-order valence-corrected chi connectivity index (χ0v) is 18.9. The molecule has 1 N–H and O–H groups in total. The maximum absolute atomic E-state index is 13.2. The van der Waals surface area contributed by atoms with Crippen LogP contribution in [0.5, 0.6) is 5.75 Å². The van der Waals surface area contributed by atoms with Crippen molar-refractivity contribution in [3.05, 3.63) is 66.2 Å². The topological polar surface area (TPSA) is 92.8 Å². The molecule has 7 rings (SSSR count). The zero-order valence-electron chi connectivity index (χ0n) is 18.0. The summed E-state index contributed by atoms with van der Waals surface area (Å²) in [5.41, 5.74) is 1.28. The van der Waals surface area contributed by atoms with E-state index in [1.165, 1.54) is 24.1 Å². The highest BCUT2D eigenvalue weighted by Gasteiger charge is 2.67. The Bertz CT molecular complexity index is 1230. The third-order valence-electron chi connectivity index (χ3n) is 7.69. The van der Waals surface area contributed by atoms with Gasteiger partial charge >= 0.3 is 0 Å². The number of anilines is 1. The molecule has 33 heavy (non-hydrogen) atoms. The van der Waals surface area contributed by atoms with Crippen LogP contribution in [-0.2, 0) is 26.2 Å². The fraction of sp³-hybridized carbons (Fsp3) is 0.360. The quantitative estimate of drug-likeness (QED) is 0.524. The molecule has 0 spiro atoms. The number of imide groups is 1. The molecule has 5 aliphatic rings. The van der Waals surface area contributed by atoms with Crippen LogP contribution >= 0.6 is 0 Å². The van der Waals surface area contributed by atoms with E-state index in [1.54, 1.807) is 36.4 Å². The van der Waals surface area contributed by atoms with Crippen LogP contribution < -0.4 is 14.4 Å². The number of carbonyl (C=O) groups excluding carboxylic acids is 2.